The third-order valence-corrected chi connectivity index (χ3v) is 3.03. The first kappa shape index (κ1) is 15.0. The number of hydrogen-bond acceptors (Lipinski definition) is 2. The molecule has 0 saturated heterocycles. The van der Waals surface area contributed by atoms with Crippen molar-refractivity contribution in [2.24, 2.45) is 5.73 Å². The van der Waals surface area contributed by atoms with E-state index in [-0.39, 0.29) is 0 Å². The quantitative estimate of drug-likeness (QED) is 0.544. The molecule has 1 aromatic rings. The average Bonchev–Trinajstić information content (AvgIpc) is 2.36. The molecule has 100 valence electrons. The summed E-state index contributed by atoms with van der Waals surface area (Å²) >= 11 is 4.86. The Kier molecular flexibility index (Phi) is 7.42. The van der Waals surface area contributed by atoms with Crippen LogP contribution in [0.25, 0.3) is 0 Å². The molecule has 0 aliphatic rings. The standard InChI is InChI=1S/C15H23NOS/c1-2-3-4-12-17-14-10-8-13(9-11-14)6-5-7-15(16)18/h8-11H,2-7,12H2,1H3,(H2,16,18). The zero-order valence-corrected chi connectivity index (χ0v) is 12.0. The van der Waals surface area contributed by atoms with Gasteiger partial charge in [0.05, 0.1) is 11.6 Å². The molecule has 0 fully saturated rings. The Hall–Kier alpha value is -1.09. The van der Waals surface area contributed by atoms with Gasteiger partial charge in [-0.1, -0.05) is 44.1 Å². The number of thiocarbonyl (C=S) groups is 1. The minimum Gasteiger partial charge on any atom is -0.494 e. The Labute approximate surface area is 116 Å². The van der Waals surface area contributed by atoms with Gasteiger partial charge in [0.25, 0.3) is 0 Å². The molecule has 1 aromatic carbocycles. The van der Waals surface area contributed by atoms with Crippen molar-refractivity contribution in [2.75, 3.05) is 6.61 Å². The summed E-state index contributed by atoms with van der Waals surface area (Å²) in [6.45, 7) is 3.01. The Balaban J connectivity index is 2.26. The second-order valence-electron chi connectivity index (χ2n) is 4.52. The number of hydrogen-bond donors (Lipinski definition) is 1. The fraction of sp³-hybridized carbons (Fsp3) is 0.533. The maximum absolute atomic E-state index is 5.66. The smallest absolute Gasteiger partial charge is 0.119 e. The molecule has 0 spiro atoms. The first-order valence-electron chi connectivity index (χ1n) is 6.72. The predicted molar refractivity (Wildman–Crippen MR) is 81.2 cm³/mol. The van der Waals surface area contributed by atoms with Crippen LogP contribution in [0.3, 0.4) is 0 Å². The third kappa shape index (κ3) is 6.60. The van der Waals surface area contributed by atoms with Gasteiger partial charge >= 0.3 is 0 Å². The monoisotopic (exact) mass is 265 g/mol. The van der Waals surface area contributed by atoms with E-state index < -0.39 is 0 Å². The van der Waals surface area contributed by atoms with E-state index in [1.807, 2.05) is 12.1 Å². The van der Waals surface area contributed by atoms with Crippen LogP contribution in [0, 0.1) is 0 Å². The fourth-order valence-corrected chi connectivity index (χ4v) is 1.91. The predicted octanol–water partition coefficient (Wildman–Crippen LogP) is 3.86. The molecule has 2 nitrogen and oxygen atoms in total. The molecular weight excluding hydrogens is 242 g/mol. The number of ether oxygens (including phenoxy) is 1. The lowest BCUT2D eigenvalue weighted by atomic mass is 10.1. The van der Waals surface area contributed by atoms with Gasteiger partial charge in [-0.25, -0.2) is 0 Å². The Morgan fingerprint density at radius 3 is 2.50 bits per heavy atom. The lowest BCUT2D eigenvalue weighted by Gasteiger charge is -2.07. The van der Waals surface area contributed by atoms with Crippen molar-refractivity contribution >= 4 is 17.2 Å². The molecule has 0 radical (unpaired) electrons. The largest absolute Gasteiger partial charge is 0.494 e. The van der Waals surface area contributed by atoms with Crippen LogP contribution in [-0.4, -0.2) is 11.6 Å². The van der Waals surface area contributed by atoms with Crippen molar-refractivity contribution in [3.63, 3.8) is 0 Å². The van der Waals surface area contributed by atoms with Gasteiger partial charge in [-0.05, 0) is 43.4 Å². The van der Waals surface area contributed by atoms with E-state index >= 15 is 0 Å². The van der Waals surface area contributed by atoms with E-state index in [0.717, 1.165) is 38.0 Å². The minimum absolute atomic E-state index is 0.603. The van der Waals surface area contributed by atoms with Crippen molar-refractivity contribution in [3.8, 4) is 5.75 Å². The zero-order valence-electron chi connectivity index (χ0n) is 11.2. The first-order valence-corrected chi connectivity index (χ1v) is 7.13. The number of aryl methyl sites for hydroxylation is 1. The molecule has 2 N–H and O–H groups in total. The van der Waals surface area contributed by atoms with E-state index in [1.165, 1.54) is 18.4 Å². The second kappa shape index (κ2) is 8.92. The second-order valence-corrected chi connectivity index (χ2v) is 5.04. The normalized spacial score (nSPS) is 10.3. The lowest BCUT2D eigenvalue weighted by Crippen LogP contribution is -2.07. The van der Waals surface area contributed by atoms with Crippen LogP contribution >= 0.6 is 12.2 Å². The topological polar surface area (TPSA) is 35.2 Å². The third-order valence-electron chi connectivity index (χ3n) is 2.83. The molecule has 0 aromatic heterocycles. The summed E-state index contributed by atoms with van der Waals surface area (Å²) in [6.07, 6.45) is 6.46. The van der Waals surface area contributed by atoms with Gasteiger partial charge in [-0.2, -0.15) is 0 Å². The highest BCUT2D eigenvalue weighted by Gasteiger charge is 1.97. The maximum atomic E-state index is 5.66. The van der Waals surface area contributed by atoms with E-state index in [4.69, 9.17) is 22.7 Å². The van der Waals surface area contributed by atoms with E-state index in [0.29, 0.717) is 4.99 Å². The zero-order chi connectivity index (χ0) is 13.2. The molecule has 0 aliphatic carbocycles. The molecule has 0 amide bonds. The molecule has 1 rings (SSSR count). The van der Waals surface area contributed by atoms with Crippen molar-refractivity contribution < 1.29 is 4.74 Å². The maximum Gasteiger partial charge on any atom is 0.119 e. The van der Waals surface area contributed by atoms with Gasteiger partial charge in [-0.15, -0.1) is 0 Å². The summed E-state index contributed by atoms with van der Waals surface area (Å²) in [5.74, 6) is 0.962. The molecule has 18 heavy (non-hydrogen) atoms. The SMILES string of the molecule is CCCCCOc1ccc(CCCC(N)=S)cc1. The molecule has 0 bridgehead atoms. The molecule has 0 unspecified atom stereocenters. The number of unbranched alkanes of at least 4 members (excludes halogenated alkanes) is 2. The summed E-state index contributed by atoms with van der Waals surface area (Å²) in [5.41, 5.74) is 6.78. The van der Waals surface area contributed by atoms with Gasteiger partial charge in [0, 0.05) is 0 Å². The summed E-state index contributed by atoms with van der Waals surface area (Å²) in [6, 6.07) is 8.33. The van der Waals surface area contributed by atoms with Crippen LogP contribution in [0.1, 0.15) is 44.6 Å². The minimum atomic E-state index is 0.603. The Morgan fingerprint density at radius 2 is 1.89 bits per heavy atom. The molecule has 0 atom stereocenters. The highest BCUT2D eigenvalue weighted by molar-refractivity contribution is 7.80. The van der Waals surface area contributed by atoms with Crippen LogP contribution in [0.15, 0.2) is 24.3 Å². The van der Waals surface area contributed by atoms with Crippen molar-refractivity contribution in [3.05, 3.63) is 29.8 Å². The van der Waals surface area contributed by atoms with Crippen LogP contribution < -0.4 is 10.5 Å². The summed E-state index contributed by atoms with van der Waals surface area (Å²) in [4.78, 5) is 0.603. The van der Waals surface area contributed by atoms with Crippen molar-refractivity contribution in [1.29, 1.82) is 0 Å². The fourth-order valence-electron chi connectivity index (χ4n) is 1.76. The average molecular weight is 265 g/mol. The summed E-state index contributed by atoms with van der Waals surface area (Å²) < 4.78 is 5.66. The number of benzene rings is 1. The molecular formula is C15H23NOS. The van der Waals surface area contributed by atoms with Crippen LogP contribution in [-0.2, 0) is 6.42 Å². The summed E-state index contributed by atoms with van der Waals surface area (Å²) in [5, 5.41) is 0. The van der Waals surface area contributed by atoms with Crippen molar-refractivity contribution in [1.82, 2.24) is 0 Å². The molecule has 0 heterocycles. The first-order chi connectivity index (χ1) is 8.72. The highest BCUT2D eigenvalue weighted by atomic mass is 32.1. The lowest BCUT2D eigenvalue weighted by molar-refractivity contribution is 0.306. The van der Waals surface area contributed by atoms with Crippen molar-refractivity contribution in [2.45, 2.75) is 45.4 Å². The highest BCUT2D eigenvalue weighted by Crippen LogP contribution is 2.14. The Bertz CT molecular complexity index is 348. The van der Waals surface area contributed by atoms with Gasteiger partial charge in [-0.3, -0.25) is 0 Å². The van der Waals surface area contributed by atoms with Crippen LogP contribution in [0.2, 0.25) is 0 Å². The van der Waals surface area contributed by atoms with E-state index in [2.05, 4.69) is 19.1 Å². The summed E-state index contributed by atoms with van der Waals surface area (Å²) in [7, 11) is 0. The van der Waals surface area contributed by atoms with Gasteiger partial charge < -0.3 is 10.5 Å². The van der Waals surface area contributed by atoms with Gasteiger partial charge in [0.15, 0.2) is 0 Å². The van der Waals surface area contributed by atoms with Gasteiger partial charge in [0.1, 0.15) is 5.75 Å². The number of nitrogens with two attached hydrogens (primary N) is 1. The van der Waals surface area contributed by atoms with E-state index in [1.54, 1.807) is 0 Å². The van der Waals surface area contributed by atoms with Gasteiger partial charge in [0.2, 0.25) is 0 Å². The molecule has 0 aliphatic heterocycles. The van der Waals surface area contributed by atoms with Crippen LogP contribution in [0.4, 0.5) is 0 Å². The van der Waals surface area contributed by atoms with Crippen LogP contribution in [0.5, 0.6) is 5.75 Å². The van der Waals surface area contributed by atoms with E-state index in [9.17, 15) is 0 Å². The number of rotatable bonds is 9. The Morgan fingerprint density at radius 1 is 1.17 bits per heavy atom. The molecule has 3 heteroatoms. The molecule has 0 saturated carbocycles.